The van der Waals surface area contributed by atoms with Gasteiger partial charge in [-0.15, -0.1) is 0 Å². The highest BCUT2D eigenvalue weighted by molar-refractivity contribution is 9.10. The summed E-state index contributed by atoms with van der Waals surface area (Å²) in [5.74, 6) is 0.815. The number of nitrogens with two attached hydrogens (primary N) is 1. The monoisotopic (exact) mass is 309 g/mol. The van der Waals surface area contributed by atoms with Gasteiger partial charge in [0.15, 0.2) is 0 Å². The van der Waals surface area contributed by atoms with Gasteiger partial charge in [0.05, 0.1) is 12.8 Å². The third-order valence-electron chi connectivity index (χ3n) is 2.81. The van der Waals surface area contributed by atoms with E-state index in [1.54, 1.807) is 7.11 Å². The minimum absolute atomic E-state index is 0.620. The normalized spacial score (nSPS) is 10.7. The van der Waals surface area contributed by atoms with E-state index in [1.807, 2.05) is 29.9 Å². The van der Waals surface area contributed by atoms with Crippen LogP contribution in [0.3, 0.4) is 0 Å². The molecule has 0 amide bonds. The van der Waals surface area contributed by atoms with Gasteiger partial charge in [-0.3, -0.25) is 4.68 Å². The predicted octanol–water partition coefficient (Wildman–Crippen LogP) is 2.36. The number of hydrogen-bond donors (Lipinski definition) is 1. The first-order valence-corrected chi connectivity index (χ1v) is 6.52. The number of methoxy groups -OCH3 is 1. The average molecular weight is 310 g/mol. The van der Waals surface area contributed by atoms with E-state index in [2.05, 4.69) is 27.1 Å². The Balaban J connectivity index is 2.47. The second kappa shape index (κ2) is 5.54. The molecular weight excluding hydrogens is 294 g/mol. The van der Waals surface area contributed by atoms with Gasteiger partial charge in [0.2, 0.25) is 0 Å². The zero-order valence-corrected chi connectivity index (χ0v) is 12.1. The maximum atomic E-state index is 5.58. The smallest absolute Gasteiger partial charge is 0.128 e. The third-order valence-corrected chi connectivity index (χ3v) is 3.31. The fourth-order valence-electron chi connectivity index (χ4n) is 1.90. The number of hydrogen-bond acceptors (Lipinski definition) is 3. The standard InChI is InChI=1S/C13H16BrN3O/c1-17-10(5-6-15)8-12(16-17)11-7-9(14)3-4-13(11)18-2/h3-4,7-8H,5-6,15H2,1-2H3. The van der Waals surface area contributed by atoms with Crippen LogP contribution < -0.4 is 10.5 Å². The molecule has 5 heteroatoms. The number of benzene rings is 1. The fraction of sp³-hybridized carbons (Fsp3) is 0.308. The Kier molecular flexibility index (Phi) is 4.04. The molecule has 0 spiro atoms. The van der Waals surface area contributed by atoms with E-state index < -0.39 is 0 Å². The van der Waals surface area contributed by atoms with Crippen LogP contribution in [-0.4, -0.2) is 23.4 Å². The topological polar surface area (TPSA) is 53.1 Å². The van der Waals surface area contributed by atoms with Crippen molar-refractivity contribution < 1.29 is 4.74 Å². The highest BCUT2D eigenvalue weighted by Gasteiger charge is 2.11. The van der Waals surface area contributed by atoms with Crippen molar-refractivity contribution in [2.75, 3.05) is 13.7 Å². The van der Waals surface area contributed by atoms with Gasteiger partial charge >= 0.3 is 0 Å². The van der Waals surface area contributed by atoms with Crippen molar-refractivity contribution in [2.24, 2.45) is 12.8 Å². The van der Waals surface area contributed by atoms with E-state index in [0.29, 0.717) is 6.54 Å². The quantitative estimate of drug-likeness (QED) is 0.943. The minimum atomic E-state index is 0.620. The van der Waals surface area contributed by atoms with Gasteiger partial charge < -0.3 is 10.5 Å². The van der Waals surface area contributed by atoms with E-state index in [-0.39, 0.29) is 0 Å². The van der Waals surface area contributed by atoms with Crippen LogP contribution in [0.15, 0.2) is 28.7 Å². The Bertz CT molecular complexity index is 551. The number of halogens is 1. The van der Waals surface area contributed by atoms with E-state index in [0.717, 1.165) is 33.6 Å². The second-order valence-electron chi connectivity index (χ2n) is 4.03. The average Bonchev–Trinajstić information content (AvgIpc) is 2.71. The zero-order chi connectivity index (χ0) is 13.1. The summed E-state index contributed by atoms with van der Waals surface area (Å²) in [4.78, 5) is 0. The summed E-state index contributed by atoms with van der Waals surface area (Å²) in [6.07, 6.45) is 0.819. The predicted molar refractivity (Wildman–Crippen MR) is 75.7 cm³/mol. The molecule has 0 aliphatic heterocycles. The van der Waals surface area contributed by atoms with E-state index >= 15 is 0 Å². The zero-order valence-electron chi connectivity index (χ0n) is 10.5. The molecule has 1 heterocycles. The molecule has 2 N–H and O–H groups in total. The number of aromatic nitrogens is 2. The van der Waals surface area contributed by atoms with Crippen molar-refractivity contribution >= 4 is 15.9 Å². The lowest BCUT2D eigenvalue weighted by Crippen LogP contribution is -2.06. The molecule has 0 unspecified atom stereocenters. The van der Waals surface area contributed by atoms with Crippen LogP contribution in [0.2, 0.25) is 0 Å². The largest absolute Gasteiger partial charge is 0.496 e. The van der Waals surface area contributed by atoms with Crippen molar-refractivity contribution in [3.8, 4) is 17.0 Å². The van der Waals surface area contributed by atoms with E-state index in [9.17, 15) is 0 Å². The van der Waals surface area contributed by atoms with Crippen LogP contribution in [0.5, 0.6) is 5.75 Å². The molecule has 4 nitrogen and oxygen atoms in total. The molecule has 0 bridgehead atoms. The van der Waals surface area contributed by atoms with Crippen LogP contribution >= 0.6 is 15.9 Å². The molecule has 0 aliphatic carbocycles. The van der Waals surface area contributed by atoms with E-state index in [1.165, 1.54) is 0 Å². The maximum Gasteiger partial charge on any atom is 0.128 e. The van der Waals surface area contributed by atoms with E-state index in [4.69, 9.17) is 10.5 Å². The van der Waals surface area contributed by atoms with Crippen LogP contribution in [0.4, 0.5) is 0 Å². The fourth-order valence-corrected chi connectivity index (χ4v) is 2.26. The van der Waals surface area contributed by atoms with Gasteiger partial charge in [0, 0.05) is 29.2 Å². The summed E-state index contributed by atoms with van der Waals surface area (Å²) >= 11 is 3.47. The lowest BCUT2D eigenvalue weighted by Gasteiger charge is -2.06. The third kappa shape index (κ3) is 2.57. The molecule has 2 rings (SSSR count). The molecule has 0 saturated carbocycles. The van der Waals surface area contributed by atoms with Crippen molar-refractivity contribution in [1.29, 1.82) is 0 Å². The van der Waals surface area contributed by atoms with Gasteiger partial charge in [-0.25, -0.2) is 0 Å². The molecule has 0 fully saturated rings. The Labute approximate surface area is 115 Å². The molecule has 0 aliphatic rings. The highest BCUT2D eigenvalue weighted by Crippen LogP contribution is 2.32. The Hall–Kier alpha value is -1.33. The Morgan fingerprint density at radius 3 is 2.83 bits per heavy atom. The van der Waals surface area contributed by atoms with Gasteiger partial charge in [0.25, 0.3) is 0 Å². The molecule has 1 aromatic carbocycles. The van der Waals surface area contributed by atoms with Gasteiger partial charge in [-0.1, -0.05) is 15.9 Å². The van der Waals surface area contributed by atoms with Gasteiger partial charge in [-0.2, -0.15) is 5.10 Å². The number of aryl methyl sites for hydroxylation is 1. The molecule has 2 aromatic rings. The summed E-state index contributed by atoms with van der Waals surface area (Å²) < 4.78 is 8.24. The minimum Gasteiger partial charge on any atom is -0.496 e. The molecule has 18 heavy (non-hydrogen) atoms. The number of ether oxygens (including phenoxy) is 1. The van der Waals surface area contributed by atoms with Crippen LogP contribution in [0, 0.1) is 0 Å². The second-order valence-corrected chi connectivity index (χ2v) is 4.94. The first-order chi connectivity index (χ1) is 8.65. The van der Waals surface area contributed by atoms with Gasteiger partial charge in [0.1, 0.15) is 5.75 Å². The number of nitrogens with zero attached hydrogens (tertiary/aromatic N) is 2. The van der Waals surface area contributed by atoms with Gasteiger partial charge in [-0.05, 0) is 30.8 Å². The lowest BCUT2D eigenvalue weighted by atomic mass is 10.1. The van der Waals surface area contributed by atoms with Crippen molar-refractivity contribution in [2.45, 2.75) is 6.42 Å². The first-order valence-electron chi connectivity index (χ1n) is 5.72. The Morgan fingerprint density at radius 1 is 1.39 bits per heavy atom. The highest BCUT2D eigenvalue weighted by atomic mass is 79.9. The van der Waals surface area contributed by atoms with Crippen molar-refractivity contribution in [3.63, 3.8) is 0 Å². The number of rotatable bonds is 4. The molecule has 0 radical (unpaired) electrons. The van der Waals surface area contributed by atoms with Crippen molar-refractivity contribution in [3.05, 3.63) is 34.4 Å². The maximum absolute atomic E-state index is 5.58. The summed E-state index contributed by atoms with van der Waals surface area (Å²) in [5, 5.41) is 4.51. The SMILES string of the molecule is COc1ccc(Br)cc1-c1cc(CCN)n(C)n1. The molecule has 0 atom stereocenters. The Morgan fingerprint density at radius 2 is 2.17 bits per heavy atom. The van der Waals surface area contributed by atoms with Crippen LogP contribution in [0.1, 0.15) is 5.69 Å². The summed E-state index contributed by atoms with van der Waals surface area (Å²) in [5.41, 5.74) is 8.58. The lowest BCUT2D eigenvalue weighted by molar-refractivity contribution is 0.416. The molecule has 96 valence electrons. The summed E-state index contributed by atoms with van der Waals surface area (Å²) in [6.45, 7) is 0.620. The molecular formula is C13H16BrN3O. The molecule has 1 aromatic heterocycles. The van der Waals surface area contributed by atoms with Crippen LogP contribution in [-0.2, 0) is 13.5 Å². The summed E-state index contributed by atoms with van der Waals surface area (Å²) in [7, 11) is 3.59. The molecule has 0 saturated heterocycles. The van der Waals surface area contributed by atoms with Crippen LogP contribution in [0.25, 0.3) is 11.3 Å². The summed E-state index contributed by atoms with van der Waals surface area (Å²) in [6, 6.07) is 7.94. The first kappa shape index (κ1) is 13.1. The van der Waals surface area contributed by atoms with Crippen molar-refractivity contribution in [1.82, 2.24) is 9.78 Å².